The fourth-order valence-corrected chi connectivity index (χ4v) is 0. The van der Waals surface area contributed by atoms with Gasteiger partial charge >= 0.3 is 78.4 Å². The van der Waals surface area contributed by atoms with Gasteiger partial charge < -0.3 is 14.9 Å². The Morgan fingerprint density at radius 3 is 1.71 bits per heavy atom. The molecule has 0 aliphatic rings. The summed E-state index contributed by atoms with van der Waals surface area (Å²) >= 11 is 0. The van der Waals surface area contributed by atoms with Crippen LogP contribution in [0.15, 0.2) is 0 Å². The molecule has 0 amide bonds. The number of rotatable bonds is 0. The summed E-state index contributed by atoms with van der Waals surface area (Å²) in [5, 5.41) is 7.42. The van der Waals surface area contributed by atoms with Crippen LogP contribution in [0.1, 0.15) is 11.2 Å². The number of carboxylic acids is 1. The molecule has 0 aliphatic carbocycles. The Kier molecular flexibility index (Phi) is 51.6. The molecule has 0 atom stereocenters. The molecule has 0 aromatic rings. The Hall–Kier alpha value is 2.00. The molecule has 0 fully saturated rings. The Labute approximate surface area is 109 Å². The van der Waals surface area contributed by atoms with Crippen molar-refractivity contribution >= 4 is 54.9 Å². The Balaban J connectivity index is -0.00000000300. The maximum atomic E-state index is 9.00. The summed E-state index contributed by atoms with van der Waals surface area (Å²) in [5.74, 6) is -0.833. The van der Waals surface area contributed by atoms with Gasteiger partial charge in [0.1, 0.15) is 0 Å². The van der Waals surface area contributed by atoms with Crippen molar-refractivity contribution in [1.29, 1.82) is 0 Å². The van der Waals surface area contributed by atoms with Crippen LogP contribution in [-0.4, -0.2) is 65.4 Å². The van der Waals surface area contributed by atoms with Gasteiger partial charge in [0.2, 0.25) is 0 Å². The van der Waals surface area contributed by atoms with Gasteiger partial charge in [0.05, 0.1) is 0 Å². The van der Waals surface area contributed by atoms with E-state index >= 15 is 0 Å². The Morgan fingerprint density at radius 1 is 1.71 bits per heavy atom. The number of carboxylic acid groups (broad SMARTS) is 1. The second-order valence-corrected chi connectivity index (χ2v) is 0.519. The van der Waals surface area contributed by atoms with Gasteiger partial charge in [-0.3, -0.25) is 4.79 Å². The maximum absolute atomic E-state index is 9.00. The van der Waals surface area contributed by atoms with E-state index in [0.717, 1.165) is 6.92 Å². The molecular weight excluding hydrogens is 232 g/mol. The molecule has 0 saturated carbocycles. The van der Waals surface area contributed by atoms with E-state index in [2.05, 4.69) is 0 Å². The predicted octanol–water partition coefficient (Wildman–Crippen LogP) is -3.77. The minimum atomic E-state index is -0.833. The third-order valence-corrected chi connectivity index (χ3v) is 0. The third-order valence-electron chi connectivity index (χ3n) is 0. The fourth-order valence-electron chi connectivity index (χ4n) is 0. The van der Waals surface area contributed by atoms with Crippen LogP contribution in [0.3, 0.4) is 0 Å². The second kappa shape index (κ2) is 15.7. The van der Waals surface area contributed by atoms with Crippen molar-refractivity contribution in [1.82, 2.24) is 0 Å². The average Bonchev–Trinajstić information content (AvgIpc) is 0.811. The van der Waals surface area contributed by atoms with E-state index in [1.165, 1.54) is 0 Å². The fraction of sp³-hybridized carbons (Fsp3) is 0.500. The minimum Gasteiger partial charge on any atom is -1.00 e. The van der Waals surface area contributed by atoms with Gasteiger partial charge in [-0.15, -0.1) is 0 Å². The van der Waals surface area contributed by atoms with Crippen molar-refractivity contribution in [3.63, 3.8) is 0 Å². The van der Waals surface area contributed by atoms with Crippen molar-refractivity contribution in [2.75, 3.05) is 0 Å². The summed E-state index contributed by atoms with van der Waals surface area (Å²) in [6.45, 7) is 1.08. The van der Waals surface area contributed by atoms with E-state index in [-0.39, 0.29) is 88.2 Å². The molecule has 0 rings (SSSR count). The van der Waals surface area contributed by atoms with Crippen molar-refractivity contribution in [2.45, 2.75) is 6.92 Å². The molecule has 5 heteroatoms. The van der Waals surface area contributed by atoms with Crippen LogP contribution in [-0.2, 0) is 4.79 Å². The number of hydrogen-bond acceptors (Lipinski definition) is 1. The van der Waals surface area contributed by atoms with Crippen LogP contribution >= 0.6 is 0 Å². The number of carbonyl (C=O) groups is 1. The molecule has 3 N–H and O–H groups in total. The second-order valence-electron chi connectivity index (χ2n) is 0.519. The molecule has 7 heavy (non-hydrogen) atoms. The summed E-state index contributed by atoms with van der Waals surface area (Å²) in [4.78, 5) is 9.00. The summed E-state index contributed by atoms with van der Waals surface area (Å²) < 4.78 is 0. The Morgan fingerprint density at radius 2 is 1.71 bits per heavy atom. The van der Waals surface area contributed by atoms with Crippen LogP contribution < -0.4 is 29.6 Å². The van der Waals surface area contributed by atoms with E-state index < -0.39 is 5.97 Å². The normalized spacial score (nSPS) is 3.57. The predicted molar refractivity (Wildman–Crippen MR) is 26.0 cm³/mol. The molecule has 0 radical (unpaired) electrons. The van der Waals surface area contributed by atoms with E-state index in [9.17, 15) is 0 Å². The van der Waals surface area contributed by atoms with Crippen molar-refractivity contribution in [2.24, 2.45) is 0 Å². The largest absolute Gasteiger partial charge is 2.00 e. The van der Waals surface area contributed by atoms with Gasteiger partial charge in [-0.05, 0) is 0 Å². The molecule has 38 valence electrons. The summed E-state index contributed by atoms with van der Waals surface area (Å²) in [6.07, 6.45) is 0. The SMILES string of the molecule is CC(=O)O.O.[Ba+2].[H-].[H-].[H-].[Na+]. The molecule has 3 nitrogen and oxygen atoms in total. The maximum Gasteiger partial charge on any atom is 2.00 e. The molecule has 0 unspecified atom stereocenters. The van der Waals surface area contributed by atoms with Gasteiger partial charge in [-0.2, -0.15) is 0 Å². The smallest absolute Gasteiger partial charge is 1.00 e. The molecule has 0 spiro atoms. The van der Waals surface area contributed by atoms with Gasteiger partial charge in [0.25, 0.3) is 5.97 Å². The van der Waals surface area contributed by atoms with Crippen molar-refractivity contribution in [3.8, 4) is 0 Å². The monoisotopic (exact) mass is 242 g/mol. The standard InChI is InChI=1S/C2H4O2.Ba.Na.H2O.3H/c1-2(3)4;;;;;;/h1H3,(H,3,4);;;1H2;;;/q;+2;+1;;3*-1. The molecule has 0 heterocycles. The van der Waals surface area contributed by atoms with Crippen LogP contribution in [0.2, 0.25) is 0 Å². The summed E-state index contributed by atoms with van der Waals surface area (Å²) in [5.41, 5.74) is 0. The van der Waals surface area contributed by atoms with Gasteiger partial charge in [0, 0.05) is 6.92 Å². The van der Waals surface area contributed by atoms with Crippen LogP contribution in [0.5, 0.6) is 0 Å². The topological polar surface area (TPSA) is 68.8 Å². The first-order valence-corrected chi connectivity index (χ1v) is 0.928. The van der Waals surface area contributed by atoms with E-state index in [4.69, 9.17) is 9.90 Å². The average molecular weight is 241 g/mol. The molecule has 0 aliphatic heterocycles. The molecule has 0 aromatic heterocycles. The van der Waals surface area contributed by atoms with Gasteiger partial charge in [0.15, 0.2) is 0 Å². The first-order valence-electron chi connectivity index (χ1n) is 0.928. The zero-order valence-electron chi connectivity index (χ0n) is 7.56. The third kappa shape index (κ3) is 71.9. The van der Waals surface area contributed by atoms with Crippen LogP contribution in [0, 0.1) is 0 Å². The molecule has 0 saturated heterocycles. The Bertz CT molecular complexity index is 44.7. The van der Waals surface area contributed by atoms with Crippen LogP contribution in [0.25, 0.3) is 0 Å². The van der Waals surface area contributed by atoms with Gasteiger partial charge in [-0.25, -0.2) is 0 Å². The number of hydrogen-bond donors (Lipinski definition) is 1. The summed E-state index contributed by atoms with van der Waals surface area (Å²) in [7, 11) is 0. The molecular formula is C2H9BaNaO3. The first-order chi connectivity index (χ1) is 1.73. The number of aliphatic carboxylic acids is 1. The quantitative estimate of drug-likeness (QED) is 0.442. The molecule has 0 aromatic carbocycles. The van der Waals surface area contributed by atoms with Gasteiger partial charge in [-0.1, -0.05) is 0 Å². The zero-order chi connectivity index (χ0) is 3.58. The van der Waals surface area contributed by atoms with E-state index in [1.807, 2.05) is 0 Å². The van der Waals surface area contributed by atoms with E-state index in [1.54, 1.807) is 0 Å². The van der Waals surface area contributed by atoms with Crippen LogP contribution in [0.4, 0.5) is 0 Å². The first kappa shape index (κ1) is 23.0. The molecule has 0 bridgehead atoms. The zero-order valence-corrected chi connectivity index (χ0v) is 11.0. The minimum absolute atomic E-state index is 0. The van der Waals surface area contributed by atoms with E-state index in [0.29, 0.717) is 0 Å². The van der Waals surface area contributed by atoms with Crippen molar-refractivity contribution < 1.29 is 49.2 Å². The van der Waals surface area contributed by atoms with Crippen molar-refractivity contribution in [3.05, 3.63) is 0 Å². The summed E-state index contributed by atoms with van der Waals surface area (Å²) in [6, 6.07) is 0.